The van der Waals surface area contributed by atoms with Crippen LogP contribution in [-0.4, -0.2) is 44.2 Å². The van der Waals surface area contributed by atoms with Gasteiger partial charge in [0.15, 0.2) is 0 Å². The van der Waals surface area contributed by atoms with Crippen molar-refractivity contribution in [1.82, 2.24) is 4.90 Å². The Morgan fingerprint density at radius 2 is 1.33 bits per heavy atom. The number of nitrogens with zero attached hydrogens (tertiary/aromatic N) is 3. The first kappa shape index (κ1) is 34.5. The number of aliphatic imine (C=N–C) groups is 1. The second kappa shape index (κ2) is 17.4. The van der Waals surface area contributed by atoms with Gasteiger partial charge < -0.3 is 24.0 Å². The Kier molecular flexibility index (Phi) is 12.2. The number of allylic oxidation sites excluding steroid dienone is 1. The summed E-state index contributed by atoms with van der Waals surface area (Å²) in [5.41, 5.74) is 6.22. The van der Waals surface area contributed by atoms with Crippen LogP contribution in [0.15, 0.2) is 144 Å². The molecule has 0 fully saturated rings. The highest BCUT2D eigenvalue weighted by Crippen LogP contribution is 2.34. The van der Waals surface area contributed by atoms with Gasteiger partial charge in [0.2, 0.25) is 0 Å². The first-order chi connectivity index (χ1) is 24.0. The van der Waals surface area contributed by atoms with E-state index in [2.05, 4.69) is 65.6 Å². The number of esters is 1. The lowest BCUT2D eigenvalue weighted by atomic mass is 10.1. The molecule has 0 bridgehead atoms. The molecule has 0 N–H and O–H groups in total. The van der Waals surface area contributed by atoms with Gasteiger partial charge in [0.1, 0.15) is 11.5 Å². The van der Waals surface area contributed by atoms with Gasteiger partial charge in [0, 0.05) is 37.1 Å². The van der Waals surface area contributed by atoms with Crippen LogP contribution in [0.5, 0.6) is 5.75 Å². The van der Waals surface area contributed by atoms with E-state index in [1.807, 2.05) is 79.5 Å². The van der Waals surface area contributed by atoms with Crippen LogP contribution in [0.3, 0.4) is 0 Å². The van der Waals surface area contributed by atoms with Crippen LogP contribution in [0, 0.1) is 0 Å². The minimum atomic E-state index is -0.423. The molecular formula is C42H43N3O4. The van der Waals surface area contributed by atoms with Crippen molar-refractivity contribution in [3.05, 3.63) is 156 Å². The monoisotopic (exact) mass is 653 g/mol. The SMILES string of the molecule is CCOC(=O)c1ccccc1/N=C(\O/C(=C/c1ccc(N(c2ccccc2)c2ccccc2)cc1)CC)N(C)CCc1ccc(OC)cc1. The molecule has 5 aromatic carbocycles. The summed E-state index contributed by atoms with van der Waals surface area (Å²) in [7, 11) is 3.60. The summed E-state index contributed by atoms with van der Waals surface area (Å²) in [6, 6.07) is 44.7. The van der Waals surface area contributed by atoms with E-state index in [9.17, 15) is 4.79 Å². The lowest BCUT2D eigenvalue weighted by Gasteiger charge is -2.25. The summed E-state index contributed by atoms with van der Waals surface area (Å²) >= 11 is 0. The van der Waals surface area contributed by atoms with Gasteiger partial charge in [-0.25, -0.2) is 4.79 Å². The second-order valence-corrected chi connectivity index (χ2v) is 11.3. The molecule has 5 aromatic rings. The largest absolute Gasteiger partial charge is 0.497 e. The zero-order valence-corrected chi connectivity index (χ0v) is 28.6. The molecule has 5 rings (SSSR count). The van der Waals surface area contributed by atoms with Crippen LogP contribution >= 0.6 is 0 Å². The van der Waals surface area contributed by atoms with Gasteiger partial charge in [-0.15, -0.1) is 0 Å². The molecule has 0 aromatic heterocycles. The Bertz CT molecular complexity index is 1800. The number of hydrogen-bond donors (Lipinski definition) is 0. The first-order valence-electron chi connectivity index (χ1n) is 16.6. The molecule has 49 heavy (non-hydrogen) atoms. The van der Waals surface area contributed by atoms with Gasteiger partial charge in [-0.3, -0.25) is 0 Å². The maximum Gasteiger partial charge on any atom is 0.340 e. The third-order valence-corrected chi connectivity index (χ3v) is 7.92. The van der Waals surface area contributed by atoms with Gasteiger partial charge in [0.25, 0.3) is 6.02 Å². The Labute approximate surface area is 289 Å². The smallest absolute Gasteiger partial charge is 0.340 e. The average molecular weight is 654 g/mol. The molecule has 0 amide bonds. The van der Waals surface area contributed by atoms with Gasteiger partial charge in [-0.1, -0.05) is 79.7 Å². The number of amidine groups is 1. The quantitative estimate of drug-likeness (QED) is 0.0546. The second-order valence-electron chi connectivity index (χ2n) is 11.3. The van der Waals surface area contributed by atoms with Crippen LogP contribution in [0.4, 0.5) is 22.7 Å². The molecule has 0 atom stereocenters. The normalized spacial score (nSPS) is 11.5. The summed E-state index contributed by atoms with van der Waals surface area (Å²) < 4.78 is 17.2. The van der Waals surface area contributed by atoms with Gasteiger partial charge in [-0.05, 0) is 91.2 Å². The third kappa shape index (κ3) is 9.39. The lowest BCUT2D eigenvalue weighted by Crippen LogP contribution is -2.31. The van der Waals surface area contributed by atoms with Crippen LogP contribution < -0.4 is 9.64 Å². The van der Waals surface area contributed by atoms with E-state index >= 15 is 0 Å². The Morgan fingerprint density at radius 3 is 1.92 bits per heavy atom. The number of rotatable bonds is 13. The highest BCUT2D eigenvalue weighted by atomic mass is 16.5. The van der Waals surface area contributed by atoms with Crippen molar-refractivity contribution in [3.8, 4) is 5.75 Å². The molecule has 0 radical (unpaired) electrons. The molecule has 0 spiro atoms. The predicted octanol–water partition coefficient (Wildman–Crippen LogP) is 9.97. The number of hydrogen-bond acceptors (Lipinski definition) is 6. The topological polar surface area (TPSA) is 63.6 Å². The summed E-state index contributed by atoms with van der Waals surface area (Å²) in [6.45, 7) is 4.75. The highest BCUT2D eigenvalue weighted by molar-refractivity contribution is 5.96. The molecule has 7 heteroatoms. The molecule has 0 heterocycles. The fourth-order valence-electron chi connectivity index (χ4n) is 5.25. The zero-order valence-electron chi connectivity index (χ0n) is 28.6. The standard InChI is InChI=1S/C42H43N3O4/c1-5-37(31-33-21-25-36(26-22-33)45(34-15-9-7-10-16-34)35-17-11-8-12-18-35)49-42(43-40-20-14-13-19-39(40)41(46)48-6-2)44(3)30-29-32-23-27-38(47-4)28-24-32/h7-28,31H,5-6,29-30H2,1-4H3/b37-31+,43-42-. The summed E-state index contributed by atoms with van der Waals surface area (Å²) in [5, 5.41) is 0. The number of carbonyl (C=O) groups excluding carboxylic acids is 1. The number of likely N-dealkylation sites (N-methyl/N-ethyl adjacent to an activating group) is 1. The Hall–Kier alpha value is -5.82. The average Bonchev–Trinajstić information content (AvgIpc) is 3.15. The van der Waals surface area contributed by atoms with Gasteiger partial charge >= 0.3 is 5.97 Å². The van der Waals surface area contributed by atoms with E-state index in [-0.39, 0.29) is 6.61 Å². The number of carbonyl (C=O) groups is 1. The molecule has 7 nitrogen and oxygen atoms in total. The van der Waals surface area contributed by atoms with Crippen LogP contribution in [0.25, 0.3) is 6.08 Å². The van der Waals surface area contributed by atoms with Crippen molar-refractivity contribution in [2.24, 2.45) is 4.99 Å². The minimum absolute atomic E-state index is 0.276. The van der Waals surface area contributed by atoms with Crippen molar-refractivity contribution in [2.45, 2.75) is 26.7 Å². The molecule has 250 valence electrons. The van der Waals surface area contributed by atoms with Crippen molar-refractivity contribution in [2.75, 3.05) is 32.2 Å². The fourth-order valence-corrected chi connectivity index (χ4v) is 5.25. The van der Waals surface area contributed by atoms with Crippen LogP contribution in [0.2, 0.25) is 0 Å². The van der Waals surface area contributed by atoms with Crippen molar-refractivity contribution in [3.63, 3.8) is 0 Å². The molecular weight excluding hydrogens is 610 g/mol. The van der Waals surface area contributed by atoms with E-state index in [4.69, 9.17) is 19.2 Å². The van der Waals surface area contributed by atoms with Crippen molar-refractivity contribution < 1.29 is 19.0 Å². The minimum Gasteiger partial charge on any atom is -0.497 e. The predicted molar refractivity (Wildman–Crippen MR) is 199 cm³/mol. The lowest BCUT2D eigenvalue weighted by molar-refractivity contribution is 0.0527. The maximum atomic E-state index is 12.8. The number of ether oxygens (including phenoxy) is 3. The van der Waals surface area contributed by atoms with E-state index in [0.717, 1.165) is 46.1 Å². The summed E-state index contributed by atoms with van der Waals surface area (Å²) in [5.74, 6) is 1.13. The van der Waals surface area contributed by atoms with E-state index in [1.165, 1.54) is 0 Å². The number of methoxy groups -OCH3 is 1. The first-order valence-corrected chi connectivity index (χ1v) is 16.6. The summed E-state index contributed by atoms with van der Waals surface area (Å²) in [4.78, 5) is 21.9. The Morgan fingerprint density at radius 1 is 0.735 bits per heavy atom. The maximum absolute atomic E-state index is 12.8. The van der Waals surface area contributed by atoms with Crippen LogP contribution in [0.1, 0.15) is 41.8 Å². The zero-order chi connectivity index (χ0) is 34.4. The van der Waals surface area contributed by atoms with Crippen LogP contribution in [-0.2, 0) is 15.9 Å². The van der Waals surface area contributed by atoms with Crippen molar-refractivity contribution >= 4 is 40.8 Å². The number of benzene rings is 5. The van der Waals surface area contributed by atoms with Crippen molar-refractivity contribution in [1.29, 1.82) is 0 Å². The highest BCUT2D eigenvalue weighted by Gasteiger charge is 2.17. The molecule has 0 saturated carbocycles. The third-order valence-electron chi connectivity index (χ3n) is 7.92. The molecule has 0 aliphatic rings. The van der Waals surface area contributed by atoms with E-state index < -0.39 is 5.97 Å². The van der Waals surface area contributed by atoms with Gasteiger partial charge in [0.05, 0.1) is 25.0 Å². The molecule has 0 saturated heterocycles. The molecule has 0 aliphatic heterocycles. The number of anilines is 3. The van der Waals surface area contributed by atoms with E-state index in [0.29, 0.717) is 30.2 Å². The molecule has 0 unspecified atom stereocenters. The number of para-hydroxylation sites is 3. The fraction of sp³-hybridized carbons (Fsp3) is 0.190. The Balaban J connectivity index is 1.43. The van der Waals surface area contributed by atoms with E-state index in [1.54, 1.807) is 32.2 Å². The van der Waals surface area contributed by atoms with Gasteiger partial charge in [-0.2, -0.15) is 4.99 Å². The summed E-state index contributed by atoms with van der Waals surface area (Å²) in [6.07, 6.45) is 3.42. The molecule has 0 aliphatic carbocycles.